The van der Waals surface area contributed by atoms with Crippen LogP contribution < -0.4 is 5.73 Å². The van der Waals surface area contributed by atoms with Crippen LogP contribution in [0, 0.1) is 5.92 Å². The molecule has 0 aliphatic carbocycles. The van der Waals surface area contributed by atoms with E-state index in [0.29, 0.717) is 0 Å². The molecular weight excluding hydrogens is 180 g/mol. The Hall–Kier alpha value is -0.610. The van der Waals surface area contributed by atoms with Gasteiger partial charge in [0.25, 0.3) is 0 Å². The van der Waals surface area contributed by atoms with E-state index < -0.39 is 0 Å². The van der Waals surface area contributed by atoms with Gasteiger partial charge in [0.2, 0.25) is 5.91 Å². The van der Waals surface area contributed by atoms with E-state index in [1.54, 1.807) is 7.11 Å². The van der Waals surface area contributed by atoms with E-state index in [0.717, 1.165) is 6.42 Å². The monoisotopic (exact) mass is 200 g/mol. The molecule has 1 saturated heterocycles. The molecular formula is C10H20N2O2. The van der Waals surface area contributed by atoms with Gasteiger partial charge in [-0.25, -0.2) is 0 Å². The van der Waals surface area contributed by atoms with Gasteiger partial charge in [-0.05, 0) is 34.1 Å². The van der Waals surface area contributed by atoms with E-state index >= 15 is 0 Å². The molecule has 1 rings (SSSR count). The fourth-order valence-corrected chi connectivity index (χ4v) is 2.68. The maximum atomic E-state index is 11.3. The van der Waals surface area contributed by atoms with E-state index in [1.165, 1.54) is 0 Å². The number of nitrogens with zero attached hydrogens (tertiary/aromatic N) is 1. The molecule has 1 unspecified atom stereocenters. The molecule has 0 aromatic carbocycles. The summed E-state index contributed by atoms with van der Waals surface area (Å²) in [6, 6.07) is 0. The molecule has 82 valence electrons. The van der Waals surface area contributed by atoms with Crippen molar-refractivity contribution >= 4 is 5.91 Å². The third-order valence-corrected chi connectivity index (χ3v) is 3.16. The lowest BCUT2D eigenvalue weighted by atomic mass is 9.86. The molecule has 1 aliphatic rings. The number of hydrogen-bond donors (Lipinski definition) is 1. The van der Waals surface area contributed by atoms with Crippen LogP contribution in [-0.2, 0) is 9.63 Å². The average Bonchev–Trinajstić information content (AvgIpc) is 2.17. The molecule has 1 amide bonds. The summed E-state index contributed by atoms with van der Waals surface area (Å²) in [5.41, 5.74) is 4.92. The molecule has 1 atom stereocenters. The highest BCUT2D eigenvalue weighted by molar-refractivity contribution is 5.78. The number of hydrogen-bond acceptors (Lipinski definition) is 3. The minimum atomic E-state index is -0.329. The van der Waals surface area contributed by atoms with Crippen molar-refractivity contribution in [2.45, 2.75) is 45.2 Å². The predicted molar refractivity (Wildman–Crippen MR) is 54.3 cm³/mol. The van der Waals surface area contributed by atoms with Gasteiger partial charge in [-0.15, -0.1) is 0 Å². The third-order valence-electron chi connectivity index (χ3n) is 3.16. The summed E-state index contributed by atoms with van der Waals surface area (Å²) in [6.45, 7) is 8.09. The third kappa shape index (κ3) is 1.53. The van der Waals surface area contributed by atoms with Crippen LogP contribution >= 0.6 is 0 Å². The fraction of sp³-hybridized carbons (Fsp3) is 0.900. The van der Waals surface area contributed by atoms with Crippen LogP contribution in [0.2, 0.25) is 0 Å². The van der Waals surface area contributed by atoms with E-state index in [-0.39, 0.29) is 22.9 Å². The highest BCUT2D eigenvalue weighted by Crippen LogP contribution is 2.44. The first kappa shape index (κ1) is 11.5. The molecule has 1 aliphatic heterocycles. The Morgan fingerprint density at radius 2 is 1.93 bits per heavy atom. The quantitative estimate of drug-likeness (QED) is 0.721. The Bertz CT molecular complexity index is 249. The summed E-state index contributed by atoms with van der Waals surface area (Å²) in [6.07, 6.45) is 0.739. The van der Waals surface area contributed by atoms with Crippen molar-refractivity contribution in [3.05, 3.63) is 0 Å². The fourth-order valence-electron chi connectivity index (χ4n) is 2.68. The zero-order chi connectivity index (χ0) is 11.1. The number of amides is 1. The lowest BCUT2D eigenvalue weighted by molar-refractivity contribution is -0.223. The molecule has 0 spiro atoms. The first-order chi connectivity index (χ1) is 6.23. The van der Waals surface area contributed by atoms with Crippen molar-refractivity contribution in [1.82, 2.24) is 5.06 Å². The predicted octanol–water partition coefficient (Wildman–Crippen LogP) is 0.912. The second kappa shape index (κ2) is 3.21. The van der Waals surface area contributed by atoms with Crippen molar-refractivity contribution in [3.63, 3.8) is 0 Å². The normalized spacial score (nSPS) is 30.5. The highest BCUT2D eigenvalue weighted by Gasteiger charge is 2.54. The lowest BCUT2D eigenvalue weighted by Gasteiger charge is -2.38. The Morgan fingerprint density at radius 1 is 1.43 bits per heavy atom. The van der Waals surface area contributed by atoms with E-state index in [1.807, 2.05) is 18.9 Å². The summed E-state index contributed by atoms with van der Waals surface area (Å²) in [5, 5.41) is 1.87. The minimum absolute atomic E-state index is 0.141. The van der Waals surface area contributed by atoms with E-state index in [2.05, 4.69) is 13.8 Å². The smallest absolute Gasteiger partial charge is 0.222 e. The van der Waals surface area contributed by atoms with Crippen LogP contribution in [-0.4, -0.2) is 29.2 Å². The van der Waals surface area contributed by atoms with Crippen LogP contribution in [0.25, 0.3) is 0 Å². The summed E-state index contributed by atoms with van der Waals surface area (Å²) in [4.78, 5) is 16.7. The van der Waals surface area contributed by atoms with Gasteiger partial charge in [-0.2, -0.15) is 5.06 Å². The lowest BCUT2D eigenvalue weighted by Crippen LogP contribution is -2.50. The van der Waals surface area contributed by atoms with Gasteiger partial charge in [0, 0.05) is 5.54 Å². The van der Waals surface area contributed by atoms with Crippen LogP contribution in [0.15, 0.2) is 0 Å². The van der Waals surface area contributed by atoms with Crippen molar-refractivity contribution in [3.8, 4) is 0 Å². The van der Waals surface area contributed by atoms with Crippen molar-refractivity contribution in [2.24, 2.45) is 11.7 Å². The van der Waals surface area contributed by atoms with Gasteiger partial charge in [-0.1, -0.05) is 0 Å². The van der Waals surface area contributed by atoms with Crippen LogP contribution in [0.5, 0.6) is 0 Å². The molecule has 14 heavy (non-hydrogen) atoms. The molecule has 4 nitrogen and oxygen atoms in total. The second-order valence-electron chi connectivity index (χ2n) is 5.10. The van der Waals surface area contributed by atoms with Gasteiger partial charge in [0.05, 0.1) is 18.6 Å². The number of carbonyl (C=O) groups excluding carboxylic acids is 1. The summed E-state index contributed by atoms with van der Waals surface area (Å²) in [7, 11) is 1.63. The number of nitrogens with two attached hydrogens (primary N) is 1. The summed E-state index contributed by atoms with van der Waals surface area (Å²) < 4.78 is 0. The summed E-state index contributed by atoms with van der Waals surface area (Å²) >= 11 is 0. The molecule has 0 aromatic rings. The van der Waals surface area contributed by atoms with Crippen molar-refractivity contribution in [1.29, 1.82) is 0 Å². The number of carbonyl (C=O) groups is 1. The second-order valence-corrected chi connectivity index (χ2v) is 5.10. The van der Waals surface area contributed by atoms with Crippen molar-refractivity contribution < 1.29 is 9.63 Å². The molecule has 2 N–H and O–H groups in total. The molecule has 0 saturated carbocycles. The molecule has 0 aromatic heterocycles. The zero-order valence-electron chi connectivity index (χ0n) is 9.63. The Morgan fingerprint density at radius 3 is 2.14 bits per heavy atom. The van der Waals surface area contributed by atoms with Gasteiger partial charge < -0.3 is 10.6 Å². The molecule has 1 fully saturated rings. The van der Waals surface area contributed by atoms with E-state index in [4.69, 9.17) is 10.6 Å². The first-order valence-corrected chi connectivity index (χ1v) is 4.87. The maximum Gasteiger partial charge on any atom is 0.222 e. The minimum Gasteiger partial charge on any atom is -0.369 e. The zero-order valence-corrected chi connectivity index (χ0v) is 9.63. The SMILES string of the molecule is CON1C(C)(C)CC(C(N)=O)C1(C)C. The summed E-state index contributed by atoms with van der Waals surface area (Å²) in [5.74, 6) is -0.403. The number of primary amides is 1. The first-order valence-electron chi connectivity index (χ1n) is 4.87. The van der Waals surface area contributed by atoms with E-state index in [9.17, 15) is 4.79 Å². The Kier molecular flexibility index (Phi) is 2.63. The van der Waals surface area contributed by atoms with Crippen molar-refractivity contribution in [2.75, 3.05) is 7.11 Å². The van der Waals surface area contributed by atoms with Gasteiger partial charge in [0.1, 0.15) is 0 Å². The maximum absolute atomic E-state index is 11.3. The number of hydroxylamine groups is 2. The molecule has 1 heterocycles. The average molecular weight is 200 g/mol. The van der Waals surface area contributed by atoms with Gasteiger partial charge in [0.15, 0.2) is 0 Å². The van der Waals surface area contributed by atoms with Crippen LogP contribution in [0.1, 0.15) is 34.1 Å². The van der Waals surface area contributed by atoms with Crippen LogP contribution in [0.3, 0.4) is 0 Å². The molecule has 4 heteroatoms. The largest absolute Gasteiger partial charge is 0.369 e. The van der Waals surface area contributed by atoms with Crippen LogP contribution in [0.4, 0.5) is 0 Å². The van der Waals surface area contributed by atoms with Gasteiger partial charge in [-0.3, -0.25) is 4.79 Å². The highest BCUT2D eigenvalue weighted by atomic mass is 16.7. The Balaban J connectivity index is 3.04. The van der Waals surface area contributed by atoms with Gasteiger partial charge >= 0.3 is 0 Å². The standard InChI is InChI=1S/C10H20N2O2/c1-9(2)6-7(8(11)13)10(3,4)12(9)14-5/h7H,6H2,1-5H3,(H2,11,13). The molecule has 0 bridgehead atoms. The Labute approximate surface area is 85.3 Å². The topological polar surface area (TPSA) is 55.6 Å². The molecule has 0 radical (unpaired) electrons. The number of rotatable bonds is 2.